The average molecular weight is 142 g/mol. The van der Waals surface area contributed by atoms with Crippen molar-refractivity contribution in [1.82, 2.24) is 0 Å². The molecule has 0 saturated carbocycles. The molecule has 1 nitrogen and oxygen atoms in total. The van der Waals surface area contributed by atoms with Crippen LogP contribution in [0.4, 0.5) is 0 Å². The van der Waals surface area contributed by atoms with Gasteiger partial charge in [-0.15, -0.1) is 0 Å². The Kier molecular flexibility index (Phi) is 2.72. The second-order valence-electron chi connectivity index (χ2n) is 3.66. The molecule has 0 spiro atoms. The van der Waals surface area contributed by atoms with Crippen molar-refractivity contribution < 1.29 is 4.74 Å². The Bertz CT molecular complexity index is 98.9. The molecule has 0 aromatic rings. The molecule has 0 radical (unpaired) electrons. The van der Waals surface area contributed by atoms with E-state index in [4.69, 9.17) is 4.74 Å². The zero-order chi connectivity index (χ0) is 7.56. The summed E-state index contributed by atoms with van der Waals surface area (Å²) in [6.07, 6.45) is 4.90. The molecule has 0 aromatic carbocycles. The molecule has 1 saturated heterocycles. The summed E-state index contributed by atoms with van der Waals surface area (Å²) in [6.45, 7) is 6.65. The van der Waals surface area contributed by atoms with E-state index in [-0.39, 0.29) is 0 Å². The first-order valence-corrected chi connectivity index (χ1v) is 4.35. The largest absolute Gasteiger partial charge is 0.375 e. The predicted molar refractivity (Wildman–Crippen MR) is 43.0 cm³/mol. The van der Waals surface area contributed by atoms with E-state index in [2.05, 4.69) is 20.8 Å². The van der Waals surface area contributed by atoms with Crippen molar-refractivity contribution >= 4 is 0 Å². The van der Waals surface area contributed by atoms with Crippen LogP contribution in [0.5, 0.6) is 0 Å². The first-order valence-electron chi connectivity index (χ1n) is 4.35. The van der Waals surface area contributed by atoms with E-state index in [1.165, 1.54) is 19.3 Å². The van der Waals surface area contributed by atoms with E-state index < -0.39 is 0 Å². The van der Waals surface area contributed by atoms with Crippen LogP contribution >= 0.6 is 0 Å². The third kappa shape index (κ3) is 1.98. The van der Waals surface area contributed by atoms with Gasteiger partial charge in [-0.05, 0) is 32.1 Å². The molecule has 0 bridgehead atoms. The molecule has 60 valence electrons. The van der Waals surface area contributed by atoms with E-state index in [1.807, 2.05) is 0 Å². The lowest BCUT2D eigenvalue weighted by Crippen LogP contribution is -2.29. The molecular weight excluding hydrogens is 124 g/mol. The normalized spacial score (nSPS) is 34.8. The quantitative estimate of drug-likeness (QED) is 0.547. The highest BCUT2D eigenvalue weighted by Crippen LogP contribution is 2.23. The number of hydrogen-bond donors (Lipinski definition) is 0. The Hall–Kier alpha value is -0.0400. The lowest BCUT2D eigenvalue weighted by molar-refractivity contribution is -0.0616. The fraction of sp³-hybridized carbons (Fsp3) is 1.00. The summed E-state index contributed by atoms with van der Waals surface area (Å²) in [6, 6.07) is 0. The van der Waals surface area contributed by atoms with Gasteiger partial charge in [0.05, 0.1) is 12.2 Å². The molecule has 1 aliphatic rings. The fourth-order valence-corrected chi connectivity index (χ4v) is 1.53. The van der Waals surface area contributed by atoms with Crippen LogP contribution in [-0.2, 0) is 4.74 Å². The van der Waals surface area contributed by atoms with Gasteiger partial charge in [0.15, 0.2) is 0 Å². The molecule has 2 atom stereocenters. The van der Waals surface area contributed by atoms with Gasteiger partial charge in [-0.2, -0.15) is 0 Å². The summed E-state index contributed by atoms with van der Waals surface area (Å²) in [4.78, 5) is 0. The third-order valence-corrected chi connectivity index (χ3v) is 2.25. The van der Waals surface area contributed by atoms with Gasteiger partial charge in [0.25, 0.3) is 0 Å². The molecule has 10 heavy (non-hydrogen) atoms. The maximum Gasteiger partial charge on any atom is 0.0601 e. The minimum Gasteiger partial charge on any atom is -0.375 e. The van der Waals surface area contributed by atoms with Crippen LogP contribution in [0.2, 0.25) is 0 Å². The summed E-state index contributed by atoms with van der Waals surface area (Å²) in [7, 11) is 0. The van der Waals surface area contributed by atoms with E-state index in [1.54, 1.807) is 0 Å². The molecule has 1 fully saturated rings. The van der Waals surface area contributed by atoms with E-state index >= 15 is 0 Å². The van der Waals surface area contributed by atoms with Gasteiger partial charge in [-0.1, -0.05) is 13.8 Å². The summed E-state index contributed by atoms with van der Waals surface area (Å²) < 4.78 is 5.75. The molecule has 0 amide bonds. The second-order valence-corrected chi connectivity index (χ2v) is 3.66. The zero-order valence-corrected chi connectivity index (χ0v) is 7.26. The van der Waals surface area contributed by atoms with Crippen LogP contribution in [-0.4, -0.2) is 12.2 Å². The molecule has 0 aliphatic carbocycles. The molecular formula is C9H18O. The first-order chi connectivity index (χ1) is 4.70. The van der Waals surface area contributed by atoms with Gasteiger partial charge >= 0.3 is 0 Å². The van der Waals surface area contributed by atoms with Crippen LogP contribution in [0, 0.1) is 5.92 Å². The van der Waals surface area contributed by atoms with Gasteiger partial charge in [0.2, 0.25) is 0 Å². The number of ether oxygens (including phenoxy) is 1. The van der Waals surface area contributed by atoms with Crippen LogP contribution in [0.3, 0.4) is 0 Å². The van der Waals surface area contributed by atoms with Crippen LogP contribution in [0.15, 0.2) is 0 Å². The fourth-order valence-electron chi connectivity index (χ4n) is 1.53. The smallest absolute Gasteiger partial charge is 0.0601 e. The average Bonchev–Trinajstić information content (AvgIpc) is 1.88. The molecule has 0 aromatic heterocycles. The minimum absolute atomic E-state index is 0.501. The van der Waals surface area contributed by atoms with Gasteiger partial charge < -0.3 is 4.74 Å². The van der Waals surface area contributed by atoms with E-state index in [0.717, 1.165) is 0 Å². The molecule has 1 heterocycles. The molecule has 0 N–H and O–H groups in total. The van der Waals surface area contributed by atoms with Crippen molar-refractivity contribution in [2.75, 3.05) is 0 Å². The van der Waals surface area contributed by atoms with E-state index in [9.17, 15) is 0 Å². The standard InChI is InChI=1S/C9H18O/c1-7(2)9-6-4-5-8(3)10-9/h7-9H,4-6H2,1-3H3. The topological polar surface area (TPSA) is 9.23 Å². The molecule has 1 rings (SSSR count). The van der Waals surface area contributed by atoms with Crippen molar-refractivity contribution in [3.8, 4) is 0 Å². The summed E-state index contributed by atoms with van der Waals surface area (Å²) in [5, 5.41) is 0. The summed E-state index contributed by atoms with van der Waals surface area (Å²) in [5.41, 5.74) is 0. The van der Waals surface area contributed by atoms with Crippen molar-refractivity contribution in [3.05, 3.63) is 0 Å². The lowest BCUT2D eigenvalue weighted by Gasteiger charge is -2.30. The van der Waals surface area contributed by atoms with Gasteiger partial charge in [-0.25, -0.2) is 0 Å². The highest BCUT2D eigenvalue weighted by molar-refractivity contribution is 4.70. The van der Waals surface area contributed by atoms with Crippen molar-refractivity contribution in [3.63, 3.8) is 0 Å². The van der Waals surface area contributed by atoms with Gasteiger partial charge in [0, 0.05) is 0 Å². The summed E-state index contributed by atoms with van der Waals surface area (Å²) >= 11 is 0. The predicted octanol–water partition coefficient (Wildman–Crippen LogP) is 2.60. The van der Waals surface area contributed by atoms with Gasteiger partial charge in [-0.3, -0.25) is 0 Å². The lowest BCUT2D eigenvalue weighted by atomic mass is 9.97. The number of hydrogen-bond acceptors (Lipinski definition) is 1. The Labute approximate surface area is 63.8 Å². The van der Waals surface area contributed by atoms with E-state index in [0.29, 0.717) is 18.1 Å². The highest BCUT2D eigenvalue weighted by Gasteiger charge is 2.21. The molecule has 2 unspecified atom stereocenters. The second kappa shape index (κ2) is 3.38. The van der Waals surface area contributed by atoms with Crippen molar-refractivity contribution in [2.45, 2.75) is 52.2 Å². The molecule has 1 heteroatoms. The van der Waals surface area contributed by atoms with Crippen LogP contribution in [0.25, 0.3) is 0 Å². The number of rotatable bonds is 1. The minimum atomic E-state index is 0.501. The van der Waals surface area contributed by atoms with Crippen LogP contribution < -0.4 is 0 Å². The highest BCUT2D eigenvalue weighted by atomic mass is 16.5. The first kappa shape index (κ1) is 8.06. The Balaban J connectivity index is 2.32. The van der Waals surface area contributed by atoms with Crippen molar-refractivity contribution in [1.29, 1.82) is 0 Å². The summed E-state index contributed by atoms with van der Waals surface area (Å²) in [5.74, 6) is 0.697. The monoisotopic (exact) mass is 142 g/mol. The SMILES string of the molecule is CC1CCCC(C(C)C)O1. The van der Waals surface area contributed by atoms with Crippen molar-refractivity contribution in [2.24, 2.45) is 5.92 Å². The Morgan fingerprint density at radius 2 is 2.00 bits per heavy atom. The van der Waals surface area contributed by atoms with Gasteiger partial charge in [0.1, 0.15) is 0 Å². The maximum atomic E-state index is 5.75. The Morgan fingerprint density at radius 3 is 2.40 bits per heavy atom. The Morgan fingerprint density at radius 1 is 1.30 bits per heavy atom. The third-order valence-electron chi connectivity index (χ3n) is 2.25. The zero-order valence-electron chi connectivity index (χ0n) is 7.26. The molecule has 1 aliphatic heterocycles. The van der Waals surface area contributed by atoms with Crippen LogP contribution in [0.1, 0.15) is 40.0 Å². The maximum absolute atomic E-state index is 5.75.